The number of hydrogen-bond donors (Lipinski definition) is 0. The van der Waals surface area contributed by atoms with Gasteiger partial charge >= 0.3 is 0 Å². The van der Waals surface area contributed by atoms with Crippen LogP contribution in [0.4, 0.5) is 0 Å². The largest absolute Gasteiger partial charge is 0.300 e. The number of likely N-dealkylation sites (tertiary alicyclic amines) is 1. The first-order valence-electron chi connectivity index (χ1n) is 7.52. The van der Waals surface area contributed by atoms with Crippen LogP contribution >= 0.6 is 0 Å². The summed E-state index contributed by atoms with van der Waals surface area (Å²) in [6.07, 6.45) is 11.3. The van der Waals surface area contributed by atoms with E-state index in [0.29, 0.717) is 0 Å². The third-order valence-electron chi connectivity index (χ3n) is 5.42. The summed E-state index contributed by atoms with van der Waals surface area (Å²) >= 11 is 0. The van der Waals surface area contributed by atoms with E-state index in [1.807, 2.05) is 11.7 Å². The molecule has 2 atom stereocenters. The molecule has 1 aromatic heterocycles. The van der Waals surface area contributed by atoms with Crippen LogP contribution in [-0.4, -0.2) is 33.8 Å². The summed E-state index contributed by atoms with van der Waals surface area (Å²) in [5.41, 5.74) is 1.46. The molecule has 0 aromatic carbocycles. The minimum atomic E-state index is 0.770. The number of hydrogen-bond acceptors (Lipinski definition) is 2. The van der Waals surface area contributed by atoms with Crippen LogP contribution in [-0.2, 0) is 7.05 Å². The van der Waals surface area contributed by atoms with Gasteiger partial charge in [-0.15, -0.1) is 0 Å². The van der Waals surface area contributed by atoms with Gasteiger partial charge in [-0.05, 0) is 55.4 Å². The normalized spacial score (nSPS) is 39.8. The Morgan fingerprint density at radius 3 is 2.44 bits per heavy atom. The molecule has 3 fully saturated rings. The Morgan fingerprint density at radius 2 is 1.83 bits per heavy atom. The van der Waals surface area contributed by atoms with Crippen molar-refractivity contribution in [1.29, 1.82) is 0 Å². The first kappa shape index (κ1) is 11.0. The van der Waals surface area contributed by atoms with Gasteiger partial charge in [-0.1, -0.05) is 0 Å². The van der Waals surface area contributed by atoms with Crippen LogP contribution in [0.25, 0.3) is 0 Å². The minimum absolute atomic E-state index is 0.770. The summed E-state index contributed by atoms with van der Waals surface area (Å²) in [4.78, 5) is 2.79. The van der Waals surface area contributed by atoms with Gasteiger partial charge in [0.2, 0.25) is 0 Å². The summed E-state index contributed by atoms with van der Waals surface area (Å²) in [7, 11) is 2.02. The topological polar surface area (TPSA) is 21.1 Å². The number of nitrogens with zero attached hydrogens (tertiary/aromatic N) is 3. The maximum atomic E-state index is 4.31. The molecule has 2 unspecified atom stereocenters. The Labute approximate surface area is 109 Å². The smallest absolute Gasteiger partial charge is 0.0524 e. The number of rotatable bonds is 2. The molecule has 1 aromatic rings. The lowest BCUT2D eigenvalue weighted by Crippen LogP contribution is -2.37. The van der Waals surface area contributed by atoms with E-state index < -0.39 is 0 Å². The highest BCUT2D eigenvalue weighted by molar-refractivity contribution is 5.12. The van der Waals surface area contributed by atoms with Crippen molar-refractivity contribution in [3.05, 3.63) is 18.0 Å². The van der Waals surface area contributed by atoms with Crippen molar-refractivity contribution in [2.24, 2.45) is 18.9 Å². The van der Waals surface area contributed by atoms with Crippen molar-refractivity contribution in [2.45, 2.75) is 44.1 Å². The third kappa shape index (κ3) is 1.89. The fourth-order valence-corrected chi connectivity index (χ4v) is 4.16. The summed E-state index contributed by atoms with van der Waals surface area (Å²) in [5.74, 6) is 2.94. The molecule has 2 heterocycles. The second-order valence-electron chi connectivity index (χ2n) is 6.66. The summed E-state index contributed by atoms with van der Waals surface area (Å²) in [6.45, 7) is 2.82. The summed E-state index contributed by atoms with van der Waals surface area (Å²) in [5, 5.41) is 4.31. The van der Waals surface area contributed by atoms with Crippen molar-refractivity contribution >= 4 is 0 Å². The summed E-state index contributed by atoms with van der Waals surface area (Å²) in [6, 6.07) is 0.894. The van der Waals surface area contributed by atoms with E-state index in [-0.39, 0.29) is 0 Å². The van der Waals surface area contributed by atoms with Crippen molar-refractivity contribution in [3.8, 4) is 0 Å². The molecule has 0 spiro atoms. The van der Waals surface area contributed by atoms with Crippen molar-refractivity contribution < 1.29 is 0 Å². The first-order chi connectivity index (χ1) is 8.79. The molecule has 3 aliphatic rings. The Morgan fingerprint density at radius 1 is 1.11 bits per heavy atom. The fraction of sp³-hybridized carbons (Fsp3) is 0.800. The van der Waals surface area contributed by atoms with Crippen LogP contribution in [0.5, 0.6) is 0 Å². The van der Waals surface area contributed by atoms with Crippen LogP contribution in [0.15, 0.2) is 12.4 Å². The average molecular weight is 245 g/mol. The van der Waals surface area contributed by atoms with E-state index >= 15 is 0 Å². The molecule has 0 amide bonds. The van der Waals surface area contributed by atoms with E-state index in [0.717, 1.165) is 23.8 Å². The minimum Gasteiger partial charge on any atom is -0.300 e. The zero-order chi connectivity index (χ0) is 12.1. The fourth-order valence-electron chi connectivity index (χ4n) is 4.16. The predicted molar refractivity (Wildman–Crippen MR) is 71.4 cm³/mol. The lowest BCUT2D eigenvalue weighted by Gasteiger charge is -2.35. The number of piperidine rings is 1. The highest BCUT2D eigenvalue weighted by Gasteiger charge is 2.46. The molecule has 2 saturated carbocycles. The number of aryl methyl sites for hydroxylation is 1. The van der Waals surface area contributed by atoms with Gasteiger partial charge in [0, 0.05) is 32.4 Å². The Bertz CT molecular complexity index is 421. The maximum Gasteiger partial charge on any atom is 0.0524 e. The molecular weight excluding hydrogens is 222 g/mol. The molecule has 1 aliphatic heterocycles. The van der Waals surface area contributed by atoms with Crippen LogP contribution < -0.4 is 0 Å². The zero-order valence-electron chi connectivity index (χ0n) is 11.3. The molecule has 3 nitrogen and oxygen atoms in total. The Kier molecular flexibility index (Phi) is 2.51. The quantitative estimate of drug-likeness (QED) is 0.798. The van der Waals surface area contributed by atoms with Gasteiger partial charge in [0.1, 0.15) is 0 Å². The van der Waals surface area contributed by atoms with E-state index in [9.17, 15) is 0 Å². The second kappa shape index (κ2) is 4.09. The molecule has 2 aliphatic carbocycles. The van der Waals surface area contributed by atoms with Crippen LogP contribution in [0.2, 0.25) is 0 Å². The van der Waals surface area contributed by atoms with Gasteiger partial charge in [-0.25, -0.2) is 0 Å². The lowest BCUT2D eigenvalue weighted by molar-refractivity contribution is 0.166. The molecule has 0 bridgehead atoms. The molecule has 0 N–H and O–H groups in total. The molecular formula is C15H23N3. The van der Waals surface area contributed by atoms with Crippen molar-refractivity contribution in [2.75, 3.05) is 13.1 Å². The van der Waals surface area contributed by atoms with Gasteiger partial charge in [-0.3, -0.25) is 9.58 Å². The van der Waals surface area contributed by atoms with Crippen LogP contribution in [0.1, 0.15) is 43.6 Å². The van der Waals surface area contributed by atoms with Gasteiger partial charge in [0.25, 0.3) is 0 Å². The van der Waals surface area contributed by atoms with E-state index in [1.54, 1.807) is 0 Å². The number of fused-ring (bicyclic) bond motifs is 1. The van der Waals surface area contributed by atoms with E-state index in [4.69, 9.17) is 0 Å². The lowest BCUT2D eigenvalue weighted by atomic mass is 9.82. The van der Waals surface area contributed by atoms with Gasteiger partial charge in [0.15, 0.2) is 0 Å². The highest BCUT2D eigenvalue weighted by Crippen LogP contribution is 2.47. The van der Waals surface area contributed by atoms with Crippen molar-refractivity contribution in [1.82, 2.24) is 14.7 Å². The van der Waals surface area contributed by atoms with Gasteiger partial charge < -0.3 is 0 Å². The van der Waals surface area contributed by atoms with E-state index in [1.165, 1.54) is 50.8 Å². The van der Waals surface area contributed by atoms with Gasteiger partial charge in [-0.2, -0.15) is 5.10 Å². The predicted octanol–water partition coefficient (Wildman–Crippen LogP) is 2.40. The maximum absolute atomic E-state index is 4.31. The third-order valence-corrected chi connectivity index (χ3v) is 5.42. The number of aromatic nitrogens is 2. The van der Waals surface area contributed by atoms with Gasteiger partial charge in [0.05, 0.1) is 6.20 Å². The molecule has 18 heavy (non-hydrogen) atoms. The monoisotopic (exact) mass is 245 g/mol. The Hall–Kier alpha value is -0.830. The standard InChI is InChI=1S/C15H23N3/c1-17-8-14(7-16-17)11-2-4-15(5-3-11)18-9-12-6-13(12)10-18/h7-8,11-13,15H,2-6,9-10H2,1H3. The van der Waals surface area contributed by atoms with Crippen molar-refractivity contribution in [3.63, 3.8) is 0 Å². The van der Waals surface area contributed by atoms with E-state index in [2.05, 4.69) is 22.4 Å². The SMILES string of the molecule is Cn1cc(C2CCC(N3CC4CC4C3)CC2)cn1. The second-order valence-corrected chi connectivity index (χ2v) is 6.66. The van der Waals surface area contributed by atoms with Crippen LogP contribution in [0.3, 0.4) is 0 Å². The first-order valence-corrected chi connectivity index (χ1v) is 7.52. The van der Waals surface area contributed by atoms with Crippen LogP contribution in [0, 0.1) is 11.8 Å². The Balaban J connectivity index is 1.35. The summed E-state index contributed by atoms with van der Waals surface area (Å²) < 4.78 is 1.94. The molecule has 3 heteroatoms. The molecule has 1 saturated heterocycles. The molecule has 4 rings (SSSR count). The molecule has 0 radical (unpaired) electrons. The zero-order valence-corrected chi connectivity index (χ0v) is 11.3. The highest BCUT2D eigenvalue weighted by atomic mass is 15.2. The molecule has 98 valence electrons. The average Bonchev–Trinajstić information content (AvgIpc) is 2.82.